The molecule has 0 aliphatic heterocycles. The van der Waals surface area contributed by atoms with Gasteiger partial charge in [-0.3, -0.25) is 0 Å². The third-order valence-corrected chi connectivity index (χ3v) is 3.60. The number of allylic oxidation sites excluding steroid dienone is 1. The lowest BCUT2D eigenvalue weighted by molar-refractivity contribution is 0.874. The third kappa shape index (κ3) is 3.34. The van der Waals surface area contributed by atoms with E-state index in [1.807, 2.05) is 38.4 Å². The molecule has 3 rings (SSSR count). The highest BCUT2D eigenvalue weighted by Gasteiger charge is 2.12. The summed E-state index contributed by atoms with van der Waals surface area (Å²) in [6.45, 7) is 16.2. The van der Waals surface area contributed by atoms with Crippen molar-refractivity contribution in [2.24, 2.45) is 0 Å². The molecule has 1 aromatic carbocycles. The third-order valence-electron chi connectivity index (χ3n) is 3.60. The van der Waals surface area contributed by atoms with Crippen LogP contribution in [0.15, 0.2) is 36.9 Å². The van der Waals surface area contributed by atoms with Crippen molar-refractivity contribution < 1.29 is 0 Å². The highest BCUT2D eigenvalue weighted by atomic mass is 15.3. The first-order valence-corrected chi connectivity index (χ1v) is 8.06. The Kier molecular flexibility index (Phi) is 4.99. The zero-order valence-electron chi connectivity index (χ0n) is 14.9. The van der Waals surface area contributed by atoms with Crippen molar-refractivity contribution in [3.8, 4) is 5.69 Å². The van der Waals surface area contributed by atoms with Gasteiger partial charge in [-0.15, -0.1) is 0 Å². The maximum Gasteiger partial charge on any atom is 0.163 e. The average Bonchev–Trinajstić information content (AvgIpc) is 2.85. The van der Waals surface area contributed by atoms with E-state index >= 15 is 0 Å². The van der Waals surface area contributed by atoms with Crippen LogP contribution in [0.5, 0.6) is 0 Å². The van der Waals surface area contributed by atoms with Crippen molar-refractivity contribution in [2.75, 3.05) is 0 Å². The molecule has 0 atom stereocenters. The van der Waals surface area contributed by atoms with E-state index < -0.39 is 0 Å². The molecule has 0 saturated heterocycles. The minimum Gasteiger partial charge on any atom is -0.228 e. The quantitative estimate of drug-likeness (QED) is 0.634. The Labute approximate surface area is 138 Å². The highest BCUT2D eigenvalue weighted by Crippen LogP contribution is 2.23. The fraction of sp³-hybridized carbons (Fsp3) is 0.300. The van der Waals surface area contributed by atoms with Gasteiger partial charge in [0.25, 0.3) is 0 Å². The number of benzene rings is 1. The van der Waals surface area contributed by atoms with E-state index in [0.717, 1.165) is 33.7 Å². The lowest BCUT2D eigenvalue weighted by Crippen LogP contribution is -2.00. The van der Waals surface area contributed by atoms with Gasteiger partial charge < -0.3 is 0 Å². The van der Waals surface area contributed by atoms with Crippen molar-refractivity contribution in [1.29, 1.82) is 0 Å². The van der Waals surface area contributed by atoms with E-state index in [-0.39, 0.29) is 0 Å². The van der Waals surface area contributed by atoms with Crippen LogP contribution in [0.4, 0.5) is 0 Å². The van der Waals surface area contributed by atoms with Crippen molar-refractivity contribution in [2.45, 2.75) is 41.5 Å². The number of hydrogen-bond donors (Lipinski definition) is 0. The molecule has 0 bridgehead atoms. The fourth-order valence-electron chi connectivity index (χ4n) is 2.63. The number of hydrogen-bond acceptors (Lipinski definition) is 2. The van der Waals surface area contributed by atoms with Gasteiger partial charge in [-0.2, -0.15) is 5.10 Å². The molecular weight excluding hydrogens is 282 g/mol. The Bertz CT molecular complexity index is 836. The fourth-order valence-corrected chi connectivity index (χ4v) is 2.63. The molecule has 120 valence electrons. The van der Waals surface area contributed by atoms with Crippen molar-refractivity contribution in [3.63, 3.8) is 0 Å². The van der Waals surface area contributed by atoms with E-state index in [1.165, 1.54) is 11.1 Å². The van der Waals surface area contributed by atoms with E-state index in [1.54, 1.807) is 0 Å². The maximum absolute atomic E-state index is 4.73. The summed E-state index contributed by atoms with van der Waals surface area (Å²) in [6, 6.07) is 10.5. The molecule has 2 heterocycles. The number of fused-ring (bicyclic) bond motifs is 1. The van der Waals surface area contributed by atoms with Crippen molar-refractivity contribution >= 4 is 16.6 Å². The van der Waals surface area contributed by atoms with Crippen LogP contribution in [0, 0.1) is 20.8 Å². The number of pyridine rings is 1. The molecule has 0 spiro atoms. The largest absolute Gasteiger partial charge is 0.228 e. The van der Waals surface area contributed by atoms with Gasteiger partial charge >= 0.3 is 0 Å². The first kappa shape index (κ1) is 16.9. The molecule has 0 unspecified atom stereocenters. The van der Waals surface area contributed by atoms with Crippen LogP contribution < -0.4 is 0 Å². The predicted octanol–water partition coefficient (Wildman–Crippen LogP) is 5.41. The minimum absolute atomic E-state index is 0.887. The molecule has 3 heteroatoms. The molecule has 23 heavy (non-hydrogen) atoms. The summed E-state index contributed by atoms with van der Waals surface area (Å²) in [4.78, 5) is 4.73. The second-order valence-electron chi connectivity index (χ2n) is 5.69. The van der Waals surface area contributed by atoms with Gasteiger partial charge in [-0.1, -0.05) is 26.5 Å². The van der Waals surface area contributed by atoms with Crippen LogP contribution in [0.3, 0.4) is 0 Å². The number of rotatable bonds is 2. The van der Waals surface area contributed by atoms with Crippen LogP contribution in [0.2, 0.25) is 0 Å². The molecule has 0 N–H and O–H groups in total. The van der Waals surface area contributed by atoms with E-state index in [0.29, 0.717) is 0 Å². The first-order chi connectivity index (χ1) is 11.0. The van der Waals surface area contributed by atoms with Crippen LogP contribution in [0.25, 0.3) is 22.3 Å². The van der Waals surface area contributed by atoms with Gasteiger partial charge in [0.1, 0.15) is 0 Å². The lowest BCUT2D eigenvalue weighted by atomic mass is 10.1. The van der Waals surface area contributed by atoms with Gasteiger partial charge in [0.15, 0.2) is 5.65 Å². The predicted molar refractivity (Wildman–Crippen MR) is 99.1 cm³/mol. The second kappa shape index (κ2) is 6.78. The van der Waals surface area contributed by atoms with Crippen molar-refractivity contribution in [1.82, 2.24) is 14.8 Å². The van der Waals surface area contributed by atoms with Crippen LogP contribution >= 0.6 is 0 Å². The summed E-state index contributed by atoms with van der Waals surface area (Å²) in [6.07, 6.45) is 0. The smallest absolute Gasteiger partial charge is 0.163 e. The molecule has 0 saturated carbocycles. The number of nitrogens with zero attached hydrogens (tertiary/aromatic N) is 3. The Morgan fingerprint density at radius 1 is 1.00 bits per heavy atom. The standard InChI is InChI=1S/C18H19N3.C2H6/c1-11(2)17-7-6-16-14(5)20-21(18(16)19-17)15-9-12(3)8-13(4)10-15;1-2/h6-10H,1H2,2-5H3;1-2H3. The topological polar surface area (TPSA) is 30.7 Å². The molecular formula is C20H25N3. The van der Waals surface area contributed by atoms with Crippen molar-refractivity contribution in [3.05, 3.63) is 59.4 Å². The summed E-state index contributed by atoms with van der Waals surface area (Å²) < 4.78 is 1.93. The molecule has 0 amide bonds. The summed E-state index contributed by atoms with van der Waals surface area (Å²) >= 11 is 0. The Balaban J connectivity index is 0.000000924. The summed E-state index contributed by atoms with van der Waals surface area (Å²) in [5.41, 5.74) is 7.25. The Hall–Kier alpha value is -2.42. The Morgan fingerprint density at radius 2 is 1.61 bits per heavy atom. The summed E-state index contributed by atoms with van der Waals surface area (Å²) in [5.74, 6) is 0. The molecule has 3 aromatic rings. The van der Waals surface area contributed by atoms with Gasteiger partial charge in [-0.25, -0.2) is 9.67 Å². The second-order valence-corrected chi connectivity index (χ2v) is 5.69. The molecule has 0 aliphatic rings. The highest BCUT2D eigenvalue weighted by molar-refractivity contribution is 5.81. The van der Waals surface area contributed by atoms with Gasteiger partial charge in [0.05, 0.1) is 17.1 Å². The van der Waals surface area contributed by atoms with E-state index in [2.05, 4.69) is 49.8 Å². The van der Waals surface area contributed by atoms with E-state index in [9.17, 15) is 0 Å². The van der Waals surface area contributed by atoms with Crippen LogP contribution in [-0.2, 0) is 0 Å². The molecule has 0 radical (unpaired) electrons. The monoisotopic (exact) mass is 307 g/mol. The maximum atomic E-state index is 4.73. The summed E-state index contributed by atoms with van der Waals surface area (Å²) in [7, 11) is 0. The molecule has 0 fully saturated rings. The minimum atomic E-state index is 0.887. The zero-order valence-corrected chi connectivity index (χ0v) is 14.9. The van der Waals surface area contributed by atoms with Gasteiger partial charge in [-0.05, 0) is 68.7 Å². The number of aryl methyl sites for hydroxylation is 3. The normalized spacial score (nSPS) is 10.3. The van der Waals surface area contributed by atoms with E-state index in [4.69, 9.17) is 4.98 Å². The first-order valence-electron chi connectivity index (χ1n) is 8.06. The lowest BCUT2D eigenvalue weighted by Gasteiger charge is -2.07. The van der Waals surface area contributed by atoms with Gasteiger partial charge in [0.2, 0.25) is 0 Å². The van der Waals surface area contributed by atoms with Crippen LogP contribution in [-0.4, -0.2) is 14.8 Å². The number of aromatic nitrogens is 3. The molecule has 0 aliphatic carbocycles. The van der Waals surface area contributed by atoms with Crippen LogP contribution in [0.1, 0.15) is 43.3 Å². The SMILES string of the molecule is C=C(C)c1ccc2c(C)nn(-c3cc(C)cc(C)c3)c2n1.CC. The molecule has 2 aromatic heterocycles. The zero-order chi connectivity index (χ0) is 17.1. The Morgan fingerprint density at radius 3 is 2.17 bits per heavy atom. The summed E-state index contributed by atoms with van der Waals surface area (Å²) in [5, 5.41) is 5.75. The van der Waals surface area contributed by atoms with Gasteiger partial charge in [0, 0.05) is 5.39 Å². The molecule has 3 nitrogen and oxygen atoms in total. The average molecular weight is 307 g/mol.